The van der Waals surface area contributed by atoms with Gasteiger partial charge in [0.2, 0.25) is 0 Å². The van der Waals surface area contributed by atoms with Gasteiger partial charge < -0.3 is 19.3 Å². The summed E-state index contributed by atoms with van der Waals surface area (Å²) in [5, 5.41) is 0. The minimum atomic E-state index is -0.931. The van der Waals surface area contributed by atoms with Crippen molar-refractivity contribution < 1.29 is 23.9 Å². The summed E-state index contributed by atoms with van der Waals surface area (Å²) in [7, 11) is 1.63. The summed E-state index contributed by atoms with van der Waals surface area (Å²) in [6, 6.07) is 16.3. The van der Waals surface area contributed by atoms with Crippen molar-refractivity contribution in [2.24, 2.45) is 0 Å². The van der Waals surface area contributed by atoms with E-state index in [0.717, 1.165) is 0 Å². The van der Waals surface area contributed by atoms with Gasteiger partial charge in [0, 0.05) is 19.3 Å². The SMILES string of the molecule is CC(OC(=O)CCN1C(=O)C(C)Oc2ccccc21)C(=O)N(C)c1ccccc1. The molecule has 1 aliphatic rings. The zero-order chi connectivity index (χ0) is 21.0. The molecule has 3 rings (SSSR count). The number of hydrogen-bond donors (Lipinski definition) is 0. The van der Waals surface area contributed by atoms with Crippen LogP contribution in [0.25, 0.3) is 0 Å². The van der Waals surface area contributed by atoms with E-state index in [9.17, 15) is 14.4 Å². The van der Waals surface area contributed by atoms with E-state index in [2.05, 4.69) is 0 Å². The number of esters is 1. The minimum Gasteiger partial charge on any atom is -0.479 e. The van der Waals surface area contributed by atoms with E-state index in [1.807, 2.05) is 24.3 Å². The van der Waals surface area contributed by atoms with E-state index in [0.29, 0.717) is 17.1 Å². The van der Waals surface area contributed by atoms with Crippen molar-refractivity contribution in [1.29, 1.82) is 0 Å². The topological polar surface area (TPSA) is 76.1 Å². The molecular formula is C22H24N2O5. The van der Waals surface area contributed by atoms with E-state index in [4.69, 9.17) is 9.47 Å². The summed E-state index contributed by atoms with van der Waals surface area (Å²) in [5.74, 6) is -0.492. The van der Waals surface area contributed by atoms with Crippen molar-refractivity contribution in [1.82, 2.24) is 0 Å². The predicted molar refractivity (Wildman–Crippen MR) is 109 cm³/mol. The van der Waals surface area contributed by atoms with E-state index < -0.39 is 18.2 Å². The molecule has 1 heterocycles. The maximum atomic E-state index is 12.5. The van der Waals surface area contributed by atoms with Gasteiger partial charge in [-0.3, -0.25) is 14.4 Å². The van der Waals surface area contributed by atoms with Crippen LogP contribution < -0.4 is 14.5 Å². The average molecular weight is 396 g/mol. The molecule has 0 saturated carbocycles. The zero-order valence-corrected chi connectivity index (χ0v) is 16.7. The number of benzene rings is 2. The Morgan fingerprint density at radius 3 is 2.52 bits per heavy atom. The fourth-order valence-electron chi connectivity index (χ4n) is 3.15. The highest BCUT2D eigenvalue weighted by molar-refractivity contribution is 6.00. The Kier molecular flexibility index (Phi) is 6.16. The first kappa shape index (κ1) is 20.4. The van der Waals surface area contributed by atoms with Crippen LogP contribution in [0.2, 0.25) is 0 Å². The van der Waals surface area contributed by atoms with Gasteiger partial charge in [0.15, 0.2) is 12.2 Å². The largest absolute Gasteiger partial charge is 0.479 e. The predicted octanol–water partition coefficient (Wildman–Crippen LogP) is 2.79. The first-order chi connectivity index (χ1) is 13.9. The Morgan fingerprint density at radius 1 is 1.14 bits per heavy atom. The molecule has 29 heavy (non-hydrogen) atoms. The molecule has 0 fully saturated rings. The van der Waals surface area contributed by atoms with Gasteiger partial charge in [-0.05, 0) is 38.1 Å². The van der Waals surface area contributed by atoms with Gasteiger partial charge in [0.05, 0.1) is 12.1 Å². The Bertz CT molecular complexity index is 899. The van der Waals surface area contributed by atoms with Gasteiger partial charge >= 0.3 is 5.97 Å². The number of amides is 2. The maximum Gasteiger partial charge on any atom is 0.308 e. The molecule has 0 aromatic heterocycles. The molecule has 0 N–H and O–H groups in total. The first-order valence-electron chi connectivity index (χ1n) is 9.47. The number of likely N-dealkylation sites (N-methyl/N-ethyl adjacent to an activating group) is 1. The number of nitrogens with zero attached hydrogens (tertiary/aromatic N) is 2. The number of carbonyl (C=O) groups excluding carboxylic acids is 3. The normalized spacial score (nSPS) is 16.4. The van der Waals surface area contributed by atoms with Gasteiger partial charge in [0.1, 0.15) is 5.75 Å². The molecule has 0 aliphatic carbocycles. The van der Waals surface area contributed by atoms with Gasteiger partial charge in [-0.2, -0.15) is 0 Å². The van der Waals surface area contributed by atoms with Crippen LogP contribution in [-0.2, 0) is 19.1 Å². The number of carbonyl (C=O) groups is 3. The molecule has 2 atom stereocenters. The number of hydrogen-bond acceptors (Lipinski definition) is 5. The second-order valence-corrected chi connectivity index (χ2v) is 6.83. The Labute approximate surface area is 169 Å². The second kappa shape index (κ2) is 8.77. The Balaban J connectivity index is 1.58. The van der Waals surface area contributed by atoms with E-state index >= 15 is 0 Å². The van der Waals surface area contributed by atoms with Crippen LogP contribution >= 0.6 is 0 Å². The highest BCUT2D eigenvalue weighted by Gasteiger charge is 2.32. The molecule has 0 radical (unpaired) electrons. The molecule has 2 aromatic carbocycles. The number of para-hydroxylation sites is 3. The standard InChI is InChI=1S/C22H24N2O5/c1-15(21(26)23(3)17-9-5-4-6-10-17)29-20(25)13-14-24-18-11-7-8-12-19(18)28-16(2)22(24)27/h4-12,15-16H,13-14H2,1-3H3. The second-order valence-electron chi connectivity index (χ2n) is 6.83. The van der Waals surface area contributed by atoms with Crippen LogP contribution in [0.4, 0.5) is 11.4 Å². The number of rotatable bonds is 6. The summed E-state index contributed by atoms with van der Waals surface area (Å²) in [5.41, 5.74) is 1.33. The molecular weight excluding hydrogens is 372 g/mol. The molecule has 0 spiro atoms. The molecule has 2 unspecified atom stereocenters. The van der Waals surface area contributed by atoms with E-state index in [-0.39, 0.29) is 24.8 Å². The van der Waals surface area contributed by atoms with Crippen LogP contribution in [0.5, 0.6) is 5.75 Å². The number of anilines is 2. The summed E-state index contributed by atoms with van der Waals surface area (Å²) in [6.45, 7) is 3.36. The van der Waals surface area contributed by atoms with Crippen LogP contribution in [-0.4, -0.2) is 43.6 Å². The summed E-state index contributed by atoms with van der Waals surface area (Å²) < 4.78 is 10.9. The molecule has 7 heteroatoms. The third-order valence-electron chi connectivity index (χ3n) is 4.74. The van der Waals surface area contributed by atoms with Crippen LogP contribution in [0.1, 0.15) is 20.3 Å². The van der Waals surface area contributed by atoms with Crippen LogP contribution in [0.15, 0.2) is 54.6 Å². The van der Waals surface area contributed by atoms with Crippen molar-refractivity contribution in [3.8, 4) is 5.75 Å². The lowest BCUT2D eigenvalue weighted by Crippen LogP contribution is -2.45. The highest BCUT2D eigenvalue weighted by Crippen LogP contribution is 2.33. The van der Waals surface area contributed by atoms with Crippen molar-refractivity contribution in [3.63, 3.8) is 0 Å². The Morgan fingerprint density at radius 2 is 1.79 bits per heavy atom. The van der Waals surface area contributed by atoms with Crippen molar-refractivity contribution in [2.75, 3.05) is 23.4 Å². The molecule has 1 aliphatic heterocycles. The van der Waals surface area contributed by atoms with Gasteiger partial charge in [-0.25, -0.2) is 0 Å². The molecule has 0 saturated heterocycles. The third kappa shape index (κ3) is 4.56. The lowest BCUT2D eigenvalue weighted by molar-refractivity contribution is -0.153. The lowest BCUT2D eigenvalue weighted by atomic mass is 10.2. The number of ether oxygens (including phenoxy) is 2. The van der Waals surface area contributed by atoms with Gasteiger partial charge in [-0.15, -0.1) is 0 Å². The molecule has 152 valence electrons. The van der Waals surface area contributed by atoms with E-state index in [1.54, 1.807) is 44.3 Å². The Hall–Kier alpha value is -3.35. The van der Waals surface area contributed by atoms with Crippen LogP contribution in [0.3, 0.4) is 0 Å². The summed E-state index contributed by atoms with van der Waals surface area (Å²) in [4.78, 5) is 40.2. The fourth-order valence-corrected chi connectivity index (χ4v) is 3.15. The van der Waals surface area contributed by atoms with Crippen LogP contribution in [0, 0.1) is 0 Å². The third-order valence-corrected chi connectivity index (χ3v) is 4.74. The zero-order valence-electron chi connectivity index (χ0n) is 16.7. The highest BCUT2D eigenvalue weighted by atomic mass is 16.5. The summed E-state index contributed by atoms with van der Waals surface area (Å²) >= 11 is 0. The monoisotopic (exact) mass is 396 g/mol. The molecule has 0 bridgehead atoms. The fraction of sp³-hybridized carbons (Fsp3) is 0.318. The van der Waals surface area contributed by atoms with Crippen molar-refractivity contribution >= 4 is 29.2 Å². The summed E-state index contributed by atoms with van der Waals surface area (Å²) in [6.07, 6.45) is -1.58. The number of fused-ring (bicyclic) bond motifs is 1. The maximum absolute atomic E-state index is 12.5. The first-order valence-corrected chi connectivity index (χ1v) is 9.47. The van der Waals surface area contributed by atoms with Crippen molar-refractivity contribution in [3.05, 3.63) is 54.6 Å². The molecule has 7 nitrogen and oxygen atoms in total. The average Bonchev–Trinajstić information content (AvgIpc) is 2.73. The van der Waals surface area contributed by atoms with Gasteiger partial charge in [-0.1, -0.05) is 30.3 Å². The van der Waals surface area contributed by atoms with Crippen molar-refractivity contribution in [2.45, 2.75) is 32.5 Å². The van der Waals surface area contributed by atoms with Gasteiger partial charge in [0.25, 0.3) is 11.8 Å². The van der Waals surface area contributed by atoms with E-state index in [1.165, 1.54) is 16.7 Å². The lowest BCUT2D eigenvalue weighted by Gasteiger charge is -2.32. The minimum absolute atomic E-state index is 0.0283. The molecule has 2 aromatic rings. The molecule has 2 amide bonds. The smallest absolute Gasteiger partial charge is 0.308 e. The quantitative estimate of drug-likeness (QED) is 0.702.